The number of nitrogens with zero attached hydrogens (tertiary/aromatic N) is 1. The average Bonchev–Trinajstić information content (AvgIpc) is 2.78. The lowest BCUT2D eigenvalue weighted by molar-refractivity contribution is -0.890. The third kappa shape index (κ3) is 19.5. The minimum Gasteiger partial charge on any atom is -0.544 e. The Morgan fingerprint density at radius 2 is 1.14 bits per heavy atom. The van der Waals surface area contributed by atoms with E-state index in [9.17, 15) is 14.7 Å². The number of carbonyl (C=O) groups excluding carboxylic acids is 2. The fourth-order valence-corrected chi connectivity index (χ4v) is 4.77. The van der Waals surface area contributed by atoms with Crippen molar-refractivity contribution in [3.63, 3.8) is 0 Å². The molecule has 206 valence electrons. The number of hydrogen-bond donors (Lipinski definition) is 1. The van der Waals surface area contributed by atoms with Crippen molar-refractivity contribution in [2.75, 3.05) is 21.1 Å². The van der Waals surface area contributed by atoms with E-state index in [2.05, 4.69) is 24.4 Å². The largest absolute Gasteiger partial charge is 0.544 e. The molecule has 0 saturated heterocycles. The number of unbranched alkanes of at least 4 members (excludes halogenated alkanes) is 15. The van der Waals surface area contributed by atoms with E-state index in [0.29, 0.717) is 12.8 Å². The van der Waals surface area contributed by atoms with Crippen molar-refractivity contribution >= 4 is 11.9 Å². The van der Waals surface area contributed by atoms with E-state index >= 15 is 0 Å². The van der Waals surface area contributed by atoms with Crippen LogP contribution < -0.4 is 10.4 Å². The van der Waals surface area contributed by atoms with Crippen molar-refractivity contribution < 1.29 is 19.2 Å². The summed E-state index contributed by atoms with van der Waals surface area (Å²) in [6.07, 6.45) is 27.5. The molecule has 5 heteroatoms. The maximum absolute atomic E-state index is 12.3. The van der Waals surface area contributed by atoms with Gasteiger partial charge in [-0.25, -0.2) is 0 Å². The fourth-order valence-electron chi connectivity index (χ4n) is 4.77. The predicted molar refractivity (Wildman–Crippen MR) is 147 cm³/mol. The van der Waals surface area contributed by atoms with Crippen LogP contribution in [0, 0.1) is 0 Å². The summed E-state index contributed by atoms with van der Waals surface area (Å²) in [5.74, 6) is -1.15. The van der Waals surface area contributed by atoms with Crippen LogP contribution in [0.5, 0.6) is 0 Å². The molecule has 0 aromatic rings. The van der Waals surface area contributed by atoms with Gasteiger partial charge in [0.1, 0.15) is 12.0 Å². The van der Waals surface area contributed by atoms with Crippen molar-refractivity contribution in [3.05, 3.63) is 12.2 Å². The number of rotatable bonds is 24. The molecule has 1 amide bonds. The number of allylic oxidation sites excluding steroid dienone is 2. The van der Waals surface area contributed by atoms with Gasteiger partial charge in [0, 0.05) is 6.42 Å². The lowest BCUT2D eigenvalue weighted by Crippen LogP contribution is -2.64. The second-order valence-corrected chi connectivity index (χ2v) is 11.2. The van der Waals surface area contributed by atoms with Crippen molar-refractivity contribution in [3.8, 4) is 0 Å². The van der Waals surface area contributed by atoms with Gasteiger partial charge in [0.2, 0.25) is 5.91 Å². The normalized spacial score (nSPS) is 13.7. The fraction of sp³-hybridized carbons (Fsp3) is 0.867. The smallest absolute Gasteiger partial charge is 0.220 e. The first-order chi connectivity index (χ1) is 16.7. The molecule has 0 aliphatic heterocycles. The van der Waals surface area contributed by atoms with Crippen LogP contribution in [0.1, 0.15) is 136 Å². The molecular formula is C30H58N2O3. The number of amides is 1. The van der Waals surface area contributed by atoms with Gasteiger partial charge in [-0.2, -0.15) is 0 Å². The lowest BCUT2D eigenvalue weighted by atomic mass is 10.0. The highest BCUT2D eigenvalue weighted by molar-refractivity contribution is 5.78. The van der Waals surface area contributed by atoms with Crippen LogP contribution >= 0.6 is 0 Å². The summed E-state index contributed by atoms with van der Waals surface area (Å²) in [6, 6.07) is -1.15. The standard InChI is InChI=1S/C30H58N2O3/c1-6-8-9-10-11-12-13-14-15-16-17-18-19-20-21-22-23-24-25-26-28(33)31-27(7-2)29(30(34)35)32(3,4)5/h14-15,27,29H,6-13,16-26H2,1-5H3,(H-,31,33,34,35)/b15-14-. The molecule has 0 rings (SSSR count). The molecule has 0 aromatic carbocycles. The van der Waals surface area contributed by atoms with Crippen LogP contribution in [0.4, 0.5) is 0 Å². The molecule has 0 aliphatic carbocycles. The van der Waals surface area contributed by atoms with Crippen molar-refractivity contribution in [1.82, 2.24) is 5.32 Å². The number of likely N-dealkylation sites (N-methyl/N-ethyl adjacent to an activating group) is 1. The van der Waals surface area contributed by atoms with Gasteiger partial charge in [0.15, 0.2) is 0 Å². The number of hydrogen-bond acceptors (Lipinski definition) is 3. The molecule has 2 atom stereocenters. The van der Waals surface area contributed by atoms with Crippen LogP contribution in [-0.2, 0) is 9.59 Å². The summed E-state index contributed by atoms with van der Waals surface area (Å²) < 4.78 is 0.233. The van der Waals surface area contributed by atoms with E-state index in [1.54, 1.807) is 0 Å². The van der Waals surface area contributed by atoms with Gasteiger partial charge in [-0.1, -0.05) is 103 Å². The third-order valence-corrected chi connectivity index (χ3v) is 6.91. The molecule has 35 heavy (non-hydrogen) atoms. The molecule has 0 heterocycles. The van der Waals surface area contributed by atoms with Crippen molar-refractivity contribution in [2.45, 2.75) is 148 Å². The molecule has 1 N–H and O–H groups in total. The first-order valence-corrected chi connectivity index (χ1v) is 14.7. The van der Waals surface area contributed by atoms with E-state index in [1.807, 2.05) is 28.1 Å². The number of nitrogens with one attached hydrogen (secondary N) is 1. The first-order valence-electron chi connectivity index (χ1n) is 14.7. The first kappa shape index (κ1) is 33.6. The van der Waals surface area contributed by atoms with Gasteiger partial charge in [0.25, 0.3) is 0 Å². The number of carboxylic acids is 1. The van der Waals surface area contributed by atoms with E-state index in [-0.39, 0.29) is 10.4 Å². The van der Waals surface area contributed by atoms with E-state index in [1.165, 1.54) is 96.3 Å². The summed E-state index contributed by atoms with van der Waals surface area (Å²) in [4.78, 5) is 23.9. The zero-order valence-corrected chi connectivity index (χ0v) is 23.9. The van der Waals surface area contributed by atoms with Gasteiger partial charge >= 0.3 is 0 Å². The summed E-state index contributed by atoms with van der Waals surface area (Å²) in [7, 11) is 5.47. The van der Waals surface area contributed by atoms with E-state index in [4.69, 9.17) is 0 Å². The molecule has 0 spiro atoms. The third-order valence-electron chi connectivity index (χ3n) is 6.91. The van der Waals surface area contributed by atoms with Crippen molar-refractivity contribution in [1.29, 1.82) is 0 Å². The quantitative estimate of drug-likeness (QED) is 0.0972. The second kappa shape index (κ2) is 21.9. The number of aliphatic carboxylic acids is 1. The SMILES string of the molecule is CCCCCCCC/C=C\CCCCCCCCCCCC(=O)NC(CC)C(C(=O)[O-])[N+](C)(C)C. The van der Waals surface area contributed by atoms with Gasteiger partial charge in [0.05, 0.1) is 27.2 Å². The molecule has 0 bridgehead atoms. The Bertz CT molecular complexity index is 554. The van der Waals surface area contributed by atoms with Crippen LogP contribution in [-0.4, -0.2) is 49.6 Å². The summed E-state index contributed by atoms with van der Waals surface area (Å²) >= 11 is 0. The molecule has 5 nitrogen and oxygen atoms in total. The number of carboxylic acid groups (broad SMARTS) is 1. The Balaban J connectivity index is 3.63. The zero-order chi connectivity index (χ0) is 26.4. The maximum Gasteiger partial charge on any atom is 0.220 e. The topological polar surface area (TPSA) is 69.2 Å². The van der Waals surface area contributed by atoms with Gasteiger partial charge in [-0.3, -0.25) is 4.79 Å². The minimum atomic E-state index is -1.11. The Kier molecular flexibility index (Phi) is 21.0. The molecule has 2 unspecified atom stereocenters. The van der Waals surface area contributed by atoms with E-state index in [0.717, 1.165) is 12.8 Å². The highest BCUT2D eigenvalue weighted by atomic mass is 16.4. The van der Waals surface area contributed by atoms with Crippen molar-refractivity contribution in [2.24, 2.45) is 0 Å². The highest BCUT2D eigenvalue weighted by Gasteiger charge is 2.33. The number of carbonyl (C=O) groups is 2. The maximum atomic E-state index is 12.3. The zero-order valence-electron chi connectivity index (χ0n) is 23.9. The molecule has 0 aliphatic rings. The lowest BCUT2D eigenvalue weighted by Gasteiger charge is -2.39. The van der Waals surface area contributed by atoms with Gasteiger partial charge in [-0.05, 0) is 38.5 Å². The molecular weight excluding hydrogens is 436 g/mol. The summed E-state index contributed by atoms with van der Waals surface area (Å²) in [5.41, 5.74) is 0. The molecule has 0 radical (unpaired) electrons. The summed E-state index contributed by atoms with van der Waals surface area (Å²) in [6.45, 7) is 4.18. The Hall–Kier alpha value is -1.36. The molecule has 0 fully saturated rings. The van der Waals surface area contributed by atoms with Gasteiger partial charge in [-0.15, -0.1) is 0 Å². The van der Waals surface area contributed by atoms with E-state index < -0.39 is 18.1 Å². The van der Waals surface area contributed by atoms with Crippen LogP contribution in [0.25, 0.3) is 0 Å². The monoisotopic (exact) mass is 494 g/mol. The Morgan fingerprint density at radius 3 is 1.54 bits per heavy atom. The molecule has 0 saturated carbocycles. The van der Waals surface area contributed by atoms with Crippen LogP contribution in [0.15, 0.2) is 12.2 Å². The molecule has 0 aromatic heterocycles. The second-order valence-electron chi connectivity index (χ2n) is 11.2. The Morgan fingerprint density at radius 1 is 0.714 bits per heavy atom. The minimum absolute atomic E-state index is 0.0439. The predicted octanol–water partition coefficient (Wildman–Crippen LogP) is 6.30. The highest BCUT2D eigenvalue weighted by Crippen LogP contribution is 2.14. The van der Waals surface area contributed by atoms with Gasteiger partial charge < -0.3 is 19.7 Å². The van der Waals surface area contributed by atoms with Crippen LogP contribution in [0.3, 0.4) is 0 Å². The number of quaternary nitrogens is 1. The average molecular weight is 495 g/mol. The summed E-state index contributed by atoms with van der Waals surface area (Å²) in [5, 5.41) is 14.5. The van der Waals surface area contributed by atoms with Crippen LogP contribution in [0.2, 0.25) is 0 Å². The Labute approximate surface area is 217 Å².